The van der Waals surface area contributed by atoms with E-state index in [2.05, 4.69) is 74.6 Å². The number of hydrogen-bond acceptors (Lipinski definition) is 7. The number of hydrogen-bond donors (Lipinski definition) is 1. The van der Waals surface area contributed by atoms with Gasteiger partial charge in [-0.15, -0.1) is 0 Å². The molecular weight excluding hydrogens is 713 g/mol. The summed E-state index contributed by atoms with van der Waals surface area (Å²) in [5, 5.41) is 0. The Morgan fingerprint density at radius 2 is 1.02 bits per heavy atom. The zero-order valence-electron chi connectivity index (χ0n) is 35.6. The Morgan fingerprint density at radius 1 is 0.564 bits per heavy atom. The van der Waals surface area contributed by atoms with Crippen molar-refractivity contribution in [1.29, 1.82) is 0 Å². The van der Waals surface area contributed by atoms with Crippen LogP contribution in [0.2, 0.25) is 0 Å². The Balaban J connectivity index is 4.47. The lowest BCUT2D eigenvalue weighted by molar-refractivity contribution is -0.870. The number of unbranched alkanes of at least 4 members (excludes halogenated alkanes) is 14. The Kier molecular flexibility index (Phi) is 35.7. The van der Waals surface area contributed by atoms with Gasteiger partial charge in [-0.2, -0.15) is 0 Å². The molecule has 0 aliphatic carbocycles. The van der Waals surface area contributed by atoms with Gasteiger partial charge in [-0.1, -0.05) is 132 Å². The first-order chi connectivity index (χ1) is 26.5. The van der Waals surface area contributed by atoms with E-state index in [0.29, 0.717) is 17.4 Å². The number of nitrogens with zero attached hydrogens (tertiary/aromatic N) is 1. The number of phosphoric ester groups is 1. The van der Waals surface area contributed by atoms with Gasteiger partial charge >= 0.3 is 19.8 Å². The van der Waals surface area contributed by atoms with Crippen molar-refractivity contribution in [3.8, 4) is 0 Å². The van der Waals surface area contributed by atoms with Gasteiger partial charge in [0.25, 0.3) is 0 Å². The molecule has 0 aromatic carbocycles. The summed E-state index contributed by atoms with van der Waals surface area (Å²) in [4.78, 5) is 35.3. The maximum absolute atomic E-state index is 12.7. The van der Waals surface area contributed by atoms with Gasteiger partial charge in [0.1, 0.15) is 19.8 Å². The summed E-state index contributed by atoms with van der Waals surface area (Å²) >= 11 is 0. The molecule has 9 nitrogen and oxygen atoms in total. The van der Waals surface area contributed by atoms with Crippen molar-refractivity contribution in [1.82, 2.24) is 0 Å². The van der Waals surface area contributed by atoms with Crippen molar-refractivity contribution in [3.63, 3.8) is 0 Å². The molecule has 10 heteroatoms. The molecule has 0 rings (SSSR count). The van der Waals surface area contributed by atoms with Gasteiger partial charge in [-0.05, 0) is 77.0 Å². The second-order valence-corrected chi connectivity index (χ2v) is 16.8. The fraction of sp³-hybridized carbons (Fsp3) is 0.733. The Labute approximate surface area is 336 Å². The number of phosphoric acid groups is 1. The van der Waals surface area contributed by atoms with Gasteiger partial charge in [-0.3, -0.25) is 18.6 Å². The molecule has 2 atom stereocenters. The highest BCUT2D eigenvalue weighted by atomic mass is 31.2. The zero-order chi connectivity index (χ0) is 40.7. The molecule has 55 heavy (non-hydrogen) atoms. The van der Waals surface area contributed by atoms with E-state index >= 15 is 0 Å². The number of likely N-dealkylation sites (N-methyl/N-ethyl adjacent to an activating group) is 1. The first-order valence-corrected chi connectivity index (χ1v) is 23.0. The summed E-state index contributed by atoms with van der Waals surface area (Å²) in [6, 6.07) is 0. The zero-order valence-corrected chi connectivity index (χ0v) is 36.5. The minimum Gasteiger partial charge on any atom is -0.462 e. The highest BCUT2D eigenvalue weighted by Crippen LogP contribution is 2.43. The lowest BCUT2D eigenvalue weighted by Gasteiger charge is -2.24. The smallest absolute Gasteiger partial charge is 0.462 e. The molecular formula is C45H81NO8P+. The largest absolute Gasteiger partial charge is 0.472 e. The SMILES string of the molecule is CCC/C=C/C/C=C/C/C=C/C/C=C/CCCCCC(=O)O[C@H](COC(=O)CCCCCCC/C=C/CCCCCCC)COP(=O)(O)OCC[N+](C)(C)C. The first-order valence-electron chi connectivity index (χ1n) is 21.5. The maximum atomic E-state index is 12.7. The first kappa shape index (κ1) is 52.7. The second-order valence-electron chi connectivity index (χ2n) is 15.4. The van der Waals surface area contributed by atoms with Gasteiger partial charge in [-0.25, -0.2) is 4.57 Å². The maximum Gasteiger partial charge on any atom is 0.472 e. The quantitative estimate of drug-likeness (QED) is 0.0216. The summed E-state index contributed by atoms with van der Waals surface area (Å²) in [5.74, 6) is -0.850. The lowest BCUT2D eigenvalue weighted by atomic mass is 10.1. The molecule has 0 bridgehead atoms. The Bertz CT molecular complexity index is 1120. The Morgan fingerprint density at radius 3 is 1.56 bits per heavy atom. The third kappa shape index (κ3) is 41.2. The molecule has 0 spiro atoms. The number of esters is 2. The molecule has 0 amide bonds. The van der Waals surface area contributed by atoms with Crippen LogP contribution < -0.4 is 0 Å². The predicted octanol–water partition coefficient (Wildman–Crippen LogP) is 12.1. The average molecular weight is 795 g/mol. The van der Waals surface area contributed by atoms with Crippen molar-refractivity contribution in [2.75, 3.05) is 47.5 Å². The highest BCUT2D eigenvalue weighted by molar-refractivity contribution is 7.47. The van der Waals surface area contributed by atoms with Crippen LogP contribution >= 0.6 is 7.82 Å². The third-order valence-electron chi connectivity index (χ3n) is 8.75. The molecule has 0 radical (unpaired) electrons. The number of quaternary nitrogens is 1. The third-order valence-corrected chi connectivity index (χ3v) is 9.74. The molecule has 0 aliphatic heterocycles. The molecule has 0 saturated heterocycles. The molecule has 1 N–H and O–H groups in total. The molecule has 318 valence electrons. The predicted molar refractivity (Wildman–Crippen MR) is 229 cm³/mol. The summed E-state index contributed by atoms with van der Waals surface area (Å²) in [6.45, 7) is 4.28. The van der Waals surface area contributed by atoms with Crippen molar-refractivity contribution < 1.29 is 42.1 Å². The van der Waals surface area contributed by atoms with E-state index < -0.39 is 26.5 Å². The van der Waals surface area contributed by atoms with E-state index in [1.54, 1.807) is 0 Å². The number of ether oxygens (including phenoxy) is 2. The second kappa shape index (κ2) is 37.3. The van der Waals surface area contributed by atoms with Crippen LogP contribution in [0.15, 0.2) is 60.8 Å². The molecule has 0 aliphatic rings. The van der Waals surface area contributed by atoms with Crippen LogP contribution in [-0.2, 0) is 32.7 Å². The van der Waals surface area contributed by atoms with Crippen LogP contribution in [0.4, 0.5) is 0 Å². The van der Waals surface area contributed by atoms with E-state index in [4.69, 9.17) is 18.5 Å². The summed E-state index contributed by atoms with van der Waals surface area (Å²) in [5.41, 5.74) is 0. The van der Waals surface area contributed by atoms with Gasteiger partial charge < -0.3 is 18.9 Å². The molecule has 0 heterocycles. The standard InChI is InChI=1S/C45H80NO8P/c1-6-8-10-12-14-16-18-20-22-23-24-26-28-30-32-34-36-38-45(48)54-43(42-53-55(49,50)52-40-39-46(3,4)5)41-51-44(47)37-35-33-31-29-27-25-21-19-17-15-13-11-9-7-2/h10,12,16,18-19,21-23,26,28,43H,6-9,11,13-15,17,20,24-25,27,29-42H2,1-5H3/p+1/b12-10+,18-16+,21-19+,23-22+,28-26+/t43-/m1/s1. The van der Waals surface area contributed by atoms with Gasteiger partial charge in [0.05, 0.1) is 27.7 Å². The van der Waals surface area contributed by atoms with Crippen LogP contribution in [0.5, 0.6) is 0 Å². The minimum absolute atomic E-state index is 0.0214. The molecule has 0 aromatic rings. The van der Waals surface area contributed by atoms with Gasteiger partial charge in [0.2, 0.25) is 0 Å². The summed E-state index contributed by atoms with van der Waals surface area (Å²) in [6.07, 6.45) is 44.1. The normalized spacial score (nSPS) is 14.2. The van der Waals surface area contributed by atoms with E-state index in [1.807, 2.05) is 21.1 Å². The van der Waals surface area contributed by atoms with Crippen LogP contribution in [-0.4, -0.2) is 74.9 Å². The monoisotopic (exact) mass is 795 g/mol. The van der Waals surface area contributed by atoms with Gasteiger partial charge in [0.15, 0.2) is 6.10 Å². The van der Waals surface area contributed by atoms with E-state index in [0.717, 1.165) is 83.5 Å². The Hall–Kier alpha value is -2.29. The van der Waals surface area contributed by atoms with Gasteiger partial charge in [0, 0.05) is 12.8 Å². The van der Waals surface area contributed by atoms with E-state index in [-0.39, 0.29) is 32.0 Å². The highest BCUT2D eigenvalue weighted by Gasteiger charge is 2.27. The van der Waals surface area contributed by atoms with Crippen molar-refractivity contribution in [2.24, 2.45) is 0 Å². The fourth-order valence-electron chi connectivity index (χ4n) is 5.35. The van der Waals surface area contributed by atoms with Crippen LogP contribution in [0.1, 0.15) is 162 Å². The van der Waals surface area contributed by atoms with E-state index in [9.17, 15) is 19.0 Å². The minimum atomic E-state index is -4.39. The number of carbonyl (C=O) groups is 2. The van der Waals surface area contributed by atoms with Crippen LogP contribution in [0.25, 0.3) is 0 Å². The lowest BCUT2D eigenvalue weighted by Crippen LogP contribution is -2.37. The summed E-state index contributed by atoms with van der Waals surface area (Å²) < 4.78 is 34.2. The van der Waals surface area contributed by atoms with Crippen LogP contribution in [0, 0.1) is 0 Å². The number of allylic oxidation sites excluding steroid dienone is 10. The van der Waals surface area contributed by atoms with Crippen LogP contribution in [0.3, 0.4) is 0 Å². The summed E-state index contributed by atoms with van der Waals surface area (Å²) in [7, 11) is 1.44. The molecule has 0 saturated carbocycles. The van der Waals surface area contributed by atoms with Crippen molar-refractivity contribution in [3.05, 3.63) is 60.8 Å². The fourth-order valence-corrected chi connectivity index (χ4v) is 6.09. The van der Waals surface area contributed by atoms with Crippen molar-refractivity contribution >= 4 is 19.8 Å². The molecule has 0 fully saturated rings. The number of carbonyl (C=O) groups excluding carboxylic acids is 2. The van der Waals surface area contributed by atoms with Crippen molar-refractivity contribution in [2.45, 2.75) is 168 Å². The van der Waals surface area contributed by atoms with E-state index in [1.165, 1.54) is 44.9 Å². The topological polar surface area (TPSA) is 108 Å². The molecule has 1 unspecified atom stereocenters. The average Bonchev–Trinajstić information content (AvgIpc) is 3.13. The number of rotatable bonds is 38. The molecule has 0 aromatic heterocycles.